The molecule has 1 aromatic carbocycles. The van der Waals surface area contributed by atoms with E-state index in [1.807, 2.05) is 13.8 Å². The summed E-state index contributed by atoms with van der Waals surface area (Å²) >= 11 is 0. The summed E-state index contributed by atoms with van der Waals surface area (Å²) in [4.78, 5) is 21.1. The number of nitrogens with zero attached hydrogens (tertiary/aromatic N) is 4. The second-order valence-corrected chi connectivity index (χ2v) is 5.59. The number of rotatable bonds is 3. The van der Waals surface area contributed by atoms with E-state index in [1.54, 1.807) is 18.2 Å². The van der Waals surface area contributed by atoms with Gasteiger partial charge in [-0.25, -0.2) is 9.97 Å². The smallest absolute Gasteiger partial charge is 0.319 e. The van der Waals surface area contributed by atoms with Crippen molar-refractivity contribution in [2.24, 2.45) is 0 Å². The second kappa shape index (κ2) is 6.15. The lowest BCUT2D eigenvalue weighted by Gasteiger charge is -2.06. The number of nitrogens with one attached hydrogen (secondary N) is 1. The highest BCUT2D eigenvalue weighted by molar-refractivity contribution is 6.05. The summed E-state index contributed by atoms with van der Waals surface area (Å²) in [5, 5.41) is 6.10. The first-order valence-corrected chi connectivity index (χ1v) is 7.37. The molecule has 0 aliphatic heterocycles. The molecular weight excluding hydrogens is 335 g/mol. The molecule has 2 heterocycles. The third kappa shape index (κ3) is 3.93. The van der Waals surface area contributed by atoms with Crippen LogP contribution in [0.4, 0.5) is 18.9 Å². The van der Waals surface area contributed by atoms with Gasteiger partial charge in [0.1, 0.15) is 6.54 Å². The van der Waals surface area contributed by atoms with Crippen LogP contribution in [0.15, 0.2) is 30.6 Å². The minimum atomic E-state index is -4.37. The largest absolute Gasteiger partial charge is 0.408 e. The third-order valence-corrected chi connectivity index (χ3v) is 3.57. The molecule has 0 fully saturated rings. The van der Waals surface area contributed by atoms with Gasteiger partial charge in [-0.15, -0.1) is 0 Å². The molecule has 0 atom stereocenters. The standard InChI is InChI=1S/C16H14F3N5O/c1-9-10(2)22-14-5-11(3-4-13(14)21-9)15(25)23-12-6-20-24(7-12)8-16(17,18)19/h3-7H,8H2,1-2H3,(H,23,25). The Hall–Kier alpha value is -2.97. The zero-order valence-corrected chi connectivity index (χ0v) is 13.4. The van der Waals surface area contributed by atoms with Crippen molar-refractivity contribution in [3.8, 4) is 0 Å². The Labute approximate surface area is 140 Å². The first-order valence-electron chi connectivity index (χ1n) is 7.37. The number of alkyl halides is 3. The Morgan fingerprint density at radius 3 is 2.52 bits per heavy atom. The van der Waals surface area contributed by atoms with Gasteiger partial charge in [-0.3, -0.25) is 9.48 Å². The lowest BCUT2D eigenvalue weighted by Crippen LogP contribution is -2.18. The fourth-order valence-electron chi connectivity index (χ4n) is 2.27. The molecule has 9 heteroatoms. The van der Waals surface area contributed by atoms with Gasteiger partial charge in [0.25, 0.3) is 5.91 Å². The molecule has 0 saturated carbocycles. The van der Waals surface area contributed by atoms with E-state index in [9.17, 15) is 18.0 Å². The number of carbonyl (C=O) groups is 1. The first-order chi connectivity index (χ1) is 11.7. The highest BCUT2D eigenvalue weighted by Crippen LogP contribution is 2.19. The van der Waals surface area contributed by atoms with Gasteiger partial charge < -0.3 is 5.32 Å². The van der Waals surface area contributed by atoms with Gasteiger partial charge in [0, 0.05) is 11.8 Å². The van der Waals surface area contributed by atoms with E-state index in [4.69, 9.17) is 0 Å². The molecule has 1 N–H and O–H groups in total. The average Bonchev–Trinajstić information content (AvgIpc) is 2.92. The van der Waals surface area contributed by atoms with Crippen molar-refractivity contribution in [1.82, 2.24) is 19.7 Å². The van der Waals surface area contributed by atoms with Crippen LogP contribution in [0.3, 0.4) is 0 Å². The number of anilines is 1. The quantitative estimate of drug-likeness (QED) is 0.788. The van der Waals surface area contributed by atoms with E-state index < -0.39 is 18.6 Å². The van der Waals surface area contributed by atoms with Gasteiger partial charge in [0.2, 0.25) is 0 Å². The molecule has 25 heavy (non-hydrogen) atoms. The van der Waals surface area contributed by atoms with Crippen LogP contribution in [-0.2, 0) is 6.54 Å². The number of amides is 1. The molecule has 0 bridgehead atoms. The molecular formula is C16H14F3N5O. The normalized spacial score (nSPS) is 11.7. The molecule has 1 amide bonds. The fraction of sp³-hybridized carbons (Fsp3) is 0.250. The maximum absolute atomic E-state index is 12.3. The third-order valence-electron chi connectivity index (χ3n) is 3.57. The molecule has 0 aliphatic carbocycles. The van der Waals surface area contributed by atoms with Crippen molar-refractivity contribution in [3.63, 3.8) is 0 Å². The van der Waals surface area contributed by atoms with Gasteiger partial charge in [-0.1, -0.05) is 0 Å². The van der Waals surface area contributed by atoms with Crippen LogP contribution in [-0.4, -0.2) is 31.8 Å². The number of hydrogen-bond donors (Lipinski definition) is 1. The predicted octanol–water partition coefficient (Wildman–Crippen LogP) is 3.26. The molecule has 3 aromatic rings. The molecule has 0 saturated heterocycles. The van der Waals surface area contributed by atoms with Crippen molar-refractivity contribution in [2.75, 3.05) is 5.32 Å². The summed E-state index contributed by atoms with van der Waals surface area (Å²) < 4.78 is 37.7. The fourth-order valence-corrected chi connectivity index (χ4v) is 2.27. The minimum Gasteiger partial charge on any atom is -0.319 e. The Morgan fingerprint density at radius 2 is 1.84 bits per heavy atom. The van der Waals surface area contributed by atoms with Crippen LogP contribution in [0.2, 0.25) is 0 Å². The van der Waals surface area contributed by atoms with E-state index in [0.29, 0.717) is 21.3 Å². The lowest BCUT2D eigenvalue weighted by atomic mass is 10.1. The molecule has 0 aliphatic rings. The van der Waals surface area contributed by atoms with E-state index in [-0.39, 0.29) is 5.69 Å². The van der Waals surface area contributed by atoms with Gasteiger partial charge in [0.05, 0.1) is 34.3 Å². The number of aryl methyl sites for hydroxylation is 2. The number of aromatic nitrogens is 4. The van der Waals surface area contributed by atoms with Gasteiger partial charge in [0.15, 0.2) is 0 Å². The minimum absolute atomic E-state index is 0.181. The maximum Gasteiger partial charge on any atom is 0.408 e. The Kier molecular flexibility index (Phi) is 4.15. The number of hydrogen-bond acceptors (Lipinski definition) is 4. The van der Waals surface area contributed by atoms with Crippen molar-refractivity contribution >= 4 is 22.6 Å². The molecule has 3 rings (SSSR count). The van der Waals surface area contributed by atoms with Crippen LogP contribution in [0.25, 0.3) is 11.0 Å². The van der Waals surface area contributed by atoms with E-state index in [0.717, 1.165) is 23.8 Å². The van der Waals surface area contributed by atoms with Gasteiger partial charge in [-0.05, 0) is 32.0 Å². The summed E-state index contributed by atoms with van der Waals surface area (Å²) in [5.74, 6) is -0.464. The highest BCUT2D eigenvalue weighted by atomic mass is 19.4. The number of carbonyl (C=O) groups excluding carboxylic acids is 1. The molecule has 2 aromatic heterocycles. The van der Waals surface area contributed by atoms with E-state index >= 15 is 0 Å². The van der Waals surface area contributed by atoms with Crippen LogP contribution in [0.5, 0.6) is 0 Å². The first kappa shape index (κ1) is 16.9. The average molecular weight is 349 g/mol. The molecule has 0 spiro atoms. The summed E-state index contributed by atoms with van der Waals surface area (Å²) in [6.07, 6.45) is -2.09. The van der Waals surface area contributed by atoms with Crippen molar-refractivity contribution < 1.29 is 18.0 Å². The Morgan fingerprint density at radius 1 is 1.16 bits per heavy atom. The summed E-state index contributed by atoms with van der Waals surface area (Å²) in [6.45, 7) is 2.46. The Balaban J connectivity index is 1.79. The van der Waals surface area contributed by atoms with Crippen molar-refractivity contribution in [1.29, 1.82) is 0 Å². The molecule has 0 radical (unpaired) electrons. The predicted molar refractivity (Wildman–Crippen MR) is 85.2 cm³/mol. The zero-order valence-electron chi connectivity index (χ0n) is 13.4. The molecule has 130 valence electrons. The maximum atomic E-state index is 12.3. The lowest BCUT2D eigenvalue weighted by molar-refractivity contribution is -0.142. The van der Waals surface area contributed by atoms with Gasteiger partial charge in [-0.2, -0.15) is 18.3 Å². The zero-order chi connectivity index (χ0) is 18.2. The number of benzene rings is 1. The second-order valence-electron chi connectivity index (χ2n) is 5.59. The van der Waals surface area contributed by atoms with Crippen molar-refractivity contribution in [2.45, 2.75) is 26.6 Å². The molecule has 0 unspecified atom stereocenters. The monoisotopic (exact) mass is 349 g/mol. The van der Waals surface area contributed by atoms with Crippen LogP contribution in [0, 0.1) is 13.8 Å². The number of halogens is 3. The van der Waals surface area contributed by atoms with Gasteiger partial charge >= 0.3 is 6.18 Å². The summed E-state index contributed by atoms with van der Waals surface area (Å²) in [7, 11) is 0. The summed E-state index contributed by atoms with van der Waals surface area (Å²) in [5.41, 5.74) is 3.32. The van der Waals surface area contributed by atoms with Crippen molar-refractivity contribution in [3.05, 3.63) is 47.5 Å². The Bertz CT molecular complexity index is 949. The number of fused-ring (bicyclic) bond motifs is 1. The SMILES string of the molecule is Cc1nc2ccc(C(=O)Nc3cnn(CC(F)(F)F)c3)cc2nc1C. The highest BCUT2D eigenvalue weighted by Gasteiger charge is 2.28. The summed E-state index contributed by atoms with van der Waals surface area (Å²) in [6, 6.07) is 4.85. The van der Waals surface area contributed by atoms with Crippen LogP contribution in [0.1, 0.15) is 21.7 Å². The van der Waals surface area contributed by atoms with E-state index in [2.05, 4.69) is 20.4 Å². The van der Waals surface area contributed by atoms with E-state index in [1.165, 1.54) is 0 Å². The van der Waals surface area contributed by atoms with Crippen LogP contribution < -0.4 is 5.32 Å². The topological polar surface area (TPSA) is 72.7 Å². The molecule has 6 nitrogen and oxygen atoms in total. The van der Waals surface area contributed by atoms with Crippen LogP contribution >= 0.6 is 0 Å².